The average molecular weight is 343 g/mol. The molecule has 20 heavy (non-hydrogen) atoms. The molecular formula is C14H23BrN4O. The van der Waals surface area contributed by atoms with E-state index in [0.29, 0.717) is 10.4 Å². The zero-order valence-corrected chi connectivity index (χ0v) is 14.0. The predicted octanol–water partition coefficient (Wildman–Crippen LogP) is 2.02. The normalized spacial score (nSPS) is 19.4. The van der Waals surface area contributed by atoms with Gasteiger partial charge in [0.25, 0.3) is 5.56 Å². The van der Waals surface area contributed by atoms with Crippen molar-refractivity contribution in [3.05, 3.63) is 21.0 Å². The van der Waals surface area contributed by atoms with E-state index in [-0.39, 0.29) is 11.6 Å². The standard InChI is InChI=1S/C14H23BrN4O/c1-10(2)19-14(20)13(15)12(8-17-19)18(3)9-11-5-4-6-16-7-11/h8,10-11,16H,4-7,9H2,1-3H3. The predicted molar refractivity (Wildman–Crippen MR) is 85.4 cm³/mol. The first-order valence-corrected chi connectivity index (χ1v) is 7.99. The molecule has 0 amide bonds. The van der Waals surface area contributed by atoms with Crippen molar-refractivity contribution in [3.63, 3.8) is 0 Å². The van der Waals surface area contributed by atoms with Gasteiger partial charge in [-0.15, -0.1) is 0 Å². The molecule has 2 heterocycles. The van der Waals surface area contributed by atoms with Gasteiger partial charge in [0.1, 0.15) is 4.47 Å². The SMILES string of the molecule is CC(C)n1ncc(N(C)CC2CCCNC2)c(Br)c1=O. The van der Waals surface area contributed by atoms with E-state index in [4.69, 9.17) is 0 Å². The fraction of sp³-hybridized carbons (Fsp3) is 0.714. The zero-order chi connectivity index (χ0) is 14.7. The molecule has 1 aromatic heterocycles. The molecule has 0 radical (unpaired) electrons. The molecule has 1 atom stereocenters. The molecule has 2 rings (SSSR count). The quantitative estimate of drug-likeness (QED) is 0.909. The van der Waals surface area contributed by atoms with Gasteiger partial charge in [-0.1, -0.05) is 0 Å². The van der Waals surface area contributed by atoms with E-state index in [0.717, 1.165) is 25.3 Å². The number of piperidine rings is 1. The Bertz CT molecular complexity index is 508. The van der Waals surface area contributed by atoms with Gasteiger partial charge in [-0.2, -0.15) is 5.10 Å². The minimum atomic E-state index is -0.0638. The van der Waals surface area contributed by atoms with E-state index >= 15 is 0 Å². The number of anilines is 1. The van der Waals surface area contributed by atoms with Crippen LogP contribution in [0.2, 0.25) is 0 Å². The van der Waals surface area contributed by atoms with Crippen LogP contribution in [0.4, 0.5) is 5.69 Å². The van der Waals surface area contributed by atoms with Gasteiger partial charge in [0.15, 0.2) is 0 Å². The minimum Gasteiger partial charge on any atom is -0.372 e. The molecule has 1 aromatic rings. The largest absolute Gasteiger partial charge is 0.372 e. The summed E-state index contributed by atoms with van der Waals surface area (Å²) < 4.78 is 2.11. The van der Waals surface area contributed by atoms with Crippen molar-refractivity contribution in [3.8, 4) is 0 Å². The van der Waals surface area contributed by atoms with Crippen LogP contribution in [0, 0.1) is 5.92 Å². The van der Waals surface area contributed by atoms with Crippen molar-refractivity contribution in [1.82, 2.24) is 15.1 Å². The van der Waals surface area contributed by atoms with Crippen molar-refractivity contribution >= 4 is 21.6 Å². The molecule has 1 aliphatic rings. The molecule has 1 N–H and O–H groups in total. The van der Waals surface area contributed by atoms with Gasteiger partial charge in [0.2, 0.25) is 0 Å². The highest BCUT2D eigenvalue weighted by molar-refractivity contribution is 9.10. The highest BCUT2D eigenvalue weighted by atomic mass is 79.9. The average Bonchev–Trinajstić information content (AvgIpc) is 2.42. The number of nitrogens with zero attached hydrogens (tertiary/aromatic N) is 3. The van der Waals surface area contributed by atoms with Gasteiger partial charge >= 0.3 is 0 Å². The van der Waals surface area contributed by atoms with E-state index in [1.54, 1.807) is 6.20 Å². The monoisotopic (exact) mass is 342 g/mol. The summed E-state index contributed by atoms with van der Waals surface area (Å²) in [5.74, 6) is 0.633. The van der Waals surface area contributed by atoms with Crippen LogP contribution in [0.3, 0.4) is 0 Å². The summed E-state index contributed by atoms with van der Waals surface area (Å²) in [7, 11) is 2.02. The van der Waals surface area contributed by atoms with E-state index < -0.39 is 0 Å². The molecule has 1 aliphatic heterocycles. The highest BCUT2D eigenvalue weighted by Gasteiger charge is 2.18. The second kappa shape index (κ2) is 6.72. The van der Waals surface area contributed by atoms with Crippen LogP contribution in [-0.2, 0) is 0 Å². The van der Waals surface area contributed by atoms with Gasteiger partial charge in [0, 0.05) is 13.6 Å². The lowest BCUT2D eigenvalue weighted by atomic mass is 9.99. The van der Waals surface area contributed by atoms with E-state index in [2.05, 4.69) is 31.2 Å². The molecule has 0 bridgehead atoms. The van der Waals surface area contributed by atoms with Crippen molar-refractivity contribution in [2.75, 3.05) is 31.6 Å². The Kier molecular flexibility index (Phi) is 5.21. The van der Waals surface area contributed by atoms with Crippen LogP contribution >= 0.6 is 15.9 Å². The van der Waals surface area contributed by atoms with E-state index in [9.17, 15) is 4.79 Å². The van der Waals surface area contributed by atoms with E-state index in [1.165, 1.54) is 17.5 Å². The van der Waals surface area contributed by atoms with Gasteiger partial charge in [-0.3, -0.25) is 4.79 Å². The molecule has 6 heteroatoms. The van der Waals surface area contributed by atoms with Crippen LogP contribution in [0.15, 0.2) is 15.5 Å². The van der Waals surface area contributed by atoms with Crippen molar-refractivity contribution in [1.29, 1.82) is 0 Å². The maximum absolute atomic E-state index is 12.2. The molecule has 1 fully saturated rings. The third kappa shape index (κ3) is 3.41. The molecule has 5 nitrogen and oxygen atoms in total. The molecule has 1 saturated heterocycles. The fourth-order valence-corrected chi connectivity index (χ4v) is 3.22. The minimum absolute atomic E-state index is 0.0638. The van der Waals surface area contributed by atoms with E-state index in [1.807, 2.05) is 20.9 Å². The Morgan fingerprint density at radius 2 is 2.35 bits per heavy atom. The van der Waals surface area contributed by atoms with Crippen LogP contribution in [0.5, 0.6) is 0 Å². The Hall–Kier alpha value is -0.880. The second-order valence-corrected chi connectivity index (χ2v) is 6.57. The van der Waals surface area contributed by atoms with Crippen LogP contribution in [-0.4, -0.2) is 36.5 Å². The van der Waals surface area contributed by atoms with Crippen LogP contribution in [0.25, 0.3) is 0 Å². The van der Waals surface area contributed by atoms with Gasteiger partial charge < -0.3 is 10.2 Å². The maximum Gasteiger partial charge on any atom is 0.283 e. The smallest absolute Gasteiger partial charge is 0.283 e. The lowest BCUT2D eigenvalue weighted by molar-refractivity contribution is 0.380. The molecule has 112 valence electrons. The summed E-state index contributed by atoms with van der Waals surface area (Å²) in [4.78, 5) is 14.4. The lowest BCUT2D eigenvalue weighted by Crippen LogP contribution is -2.37. The number of rotatable bonds is 4. The third-order valence-electron chi connectivity index (χ3n) is 3.76. The molecule has 0 spiro atoms. The molecule has 1 unspecified atom stereocenters. The van der Waals surface area contributed by atoms with Crippen LogP contribution < -0.4 is 15.8 Å². The summed E-state index contributed by atoms with van der Waals surface area (Å²) in [6, 6.07) is 0.0701. The van der Waals surface area contributed by atoms with Gasteiger partial charge in [0.05, 0.1) is 17.9 Å². The van der Waals surface area contributed by atoms with Gasteiger partial charge in [-0.25, -0.2) is 4.68 Å². The number of nitrogens with one attached hydrogen (secondary N) is 1. The first-order valence-electron chi connectivity index (χ1n) is 7.20. The highest BCUT2D eigenvalue weighted by Crippen LogP contribution is 2.23. The molecular weight excluding hydrogens is 320 g/mol. The zero-order valence-electron chi connectivity index (χ0n) is 12.4. The Morgan fingerprint density at radius 3 is 2.95 bits per heavy atom. The Morgan fingerprint density at radius 1 is 1.60 bits per heavy atom. The van der Waals surface area contributed by atoms with Crippen LogP contribution in [0.1, 0.15) is 32.7 Å². The summed E-state index contributed by atoms with van der Waals surface area (Å²) in [6.07, 6.45) is 4.25. The number of aromatic nitrogens is 2. The molecule has 0 saturated carbocycles. The second-order valence-electron chi connectivity index (χ2n) is 5.78. The summed E-state index contributed by atoms with van der Waals surface area (Å²) in [5.41, 5.74) is 0.809. The van der Waals surface area contributed by atoms with Crippen molar-refractivity contribution in [2.45, 2.75) is 32.7 Å². The number of hydrogen-bond acceptors (Lipinski definition) is 4. The molecule has 0 aliphatic carbocycles. The fourth-order valence-electron chi connectivity index (χ4n) is 2.64. The Balaban J connectivity index is 2.15. The summed E-state index contributed by atoms with van der Waals surface area (Å²) >= 11 is 3.43. The number of halogens is 1. The summed E-state index contributed by atoms with van der Waals surface area (Å²) in [5, 5.41) is 7.69. The topological polar surface area (TPSA) is 50.2 Å². The third-order valence-corrected chi connectivity index (χ3v) is 4.50. The maximum atomic E-state index is 12.2. The first-order chi connectivity index (χ1) is 9.50. The van der Waals surface area contributed by atoms with Crippen molar-refractivity contribution in [2.24, 2.45) is 5.92 Å². The molecule has 0 aromatic carbocycles. The lowest BCUT2D eigenvalue weighted by Gasteiger charge is -2.29. The first kappa shape index (κ1) is 15.5. The Labute approximate surface area is 128 Å². The van der Waals surface area contributed by atoms with Gasteiger partial charge in [-0.05, 0) is 61.6 Å². The van der Waals surface area contributed by atoms with Crippen molar-refractivity contribution < 1.29 is 0 Å². The number of hydrogen-bond donors (Lipinski definition) is 1. The summed E-state index contributed by atoms with van der Waals surface area (Å²) in [6.45, 7) is 7.03.